The zero-order valence-electron chi connectivity index (χ0n) is 9.60. The summed E-state index contributed by atoms with van der Waals surface area (Å²) in [5, 5.41) is 0. The van der Waals surface area contributed by atoms with Crippen molar-refractivity contribution in [3.05, 3.63) is 59.3 Å². The highest BCUT2D eigenvalue weighted by atomic mass is 16.1. The number of hydrogen-bond donors (Lipinski definition) is 0. The number of benzene rings is 1. The van der Waals surface area contributed by atoms with Crippen LogP contribution in [0.3, 0.4) is 0 Å². The minimum Gasteiger partial charge on any atom is -0.377 e. The summed E-state index contributed by atoms with van der Waals surface area (Å²) < 4.78 is 0. The Morgan fingerprint density at radius 3 is 2.81 bits per heavy atom. The van der Waals surface area contributed by atoms with Crippen molar-refractivity contribution in [2.24, 2.45) is 0 Å². The average Bonchev–Trinajstić information content (AvgIpc) is 2.29. The molecular weight excluding hydrogens is 198 g/mol. The molecule has 2 heteroatoms. The monoisotopic (exact) mass is 213 g/mol. The molecule has 1 heterocycles. The number of allylic oxidation sites excluding steroid dienone is 2. The van der Waals surface area contributed by atoms with Crippen LogP contribution in [0.25, 0.3) is 0 Å². The van der Waals surface area contributed by atoms with Crippen LogP contribution in [0, 0.1) is 6.92 Å². The summed E-state index contributed by atoms with van der Waals surface area (Å²) >= 11 is 0. The van der Waals surface area contributed by atoms with E-state index in [1.807, 2.05) is 61.5 Å². The molecule has 0 aliphatic carbocycles. The first-order valence-corrected chi connectivity index (χ1v) is 5.37. The van der Waals surface area contributed by atoms with E-state index in [0.717, 1.165) is 23.2 Å². The van der Waals surface area contributed by atoms with Crippen molar-refractivity contribution in [2.75, 3.05) is 13.6 Å². The van der Waals surface area contributed by atoms with Crippen LogP contribution in [0.2, 0.25) is 0 Å². The van der Waals surface area contributed by atoms with Crippen LogP contribution >= 0.6 is 0 Å². The van der Waals surface area contributed by atoms with Gasteiger partial charge >= 0.3 is 0 Å². The van der Waals surface area contributed by atoms with E-state index in [-0.39, 0.29) is 5.78 Å². The molecule has 0 unspecified atom stereocenters. The lowest BCUT2D eigenvalue weighted by atomic mass is 10.0. The van der Waals surface area contributed by atoms with Gasteiger partial charge in [-0.3, -0.25) is 4.79 Å². The Morgan fingerprint density at radius 2 is 2.19 bits per heavy atom. The fraction of sp³-hybridized carbons (Fsp3) is 0.214. The maximum atomic E-state index is 12.1. The van der Waals surface area contributed by atoms with E-state index in [2.05, 4.69) is 0 Å². The highest BCUT2D eigenvalue weighted by Crippen LogP contribution is 2.14. The molecule has 16 heavy (non-hydrogen) atoms. The maximum Gasteiger partial charge on any atom is 0.192 e. The predicted octanol–water partition coefficient (Wildman–Crippen LogP) is 2.56. The number of aryl methyl sites for hydroxylation is 1. The van der Waals surface area contributed by atoms with Crippen molar-refractivity contribution in [2.45, 2.75) is 6.92 Å². The molecule has 0 saturated carbocycles. The number of carbonyl (C=O) groups excluding carboxylic acids is 1. The second-order valence-electron chi connectivity index (χ2n) is 4.11. The molecule has 1 aliphatic heterocycles. The van der Waals surface area contributed by atoms with Gasteiger partial charge in [0.25, 0.3) is 0 Å². The SMILES string of the molecule is Cc1cccc(C(=O)C2=CCN(C)C=C2)c1. The smallest absolute Gasteiger partial charge is 0.192 e. The maximum absolute atomic E-state index is 12.1. The Bertz CT molecular complexity index is 471. The van der Waals surface area contributed by atoms with Crippen molar-refractivity contribution in [1.82, 2.24) is 4.90 Å². The summed E-state index contributed by atoms with van der Waals surface area (Å²) in [6.45, 7) is 2.79. The van der Waals surface area contributed by atoms with Crippen LogP contribution in [0.5, 0.6) is 0 Å². The van der Waals surface area contributed by atoms with Crippen LogP contribution in [0.15, 0.2) is 48.2 Å². The summed E-state index contributed by atoms with van der Waals surface area (Å²) in [6.07, 6.45) is 5.77. The van der Waals surface area contributed by atoms with Crippen molar-refractivity contribution in [1.29, 1.82) is 0 Å². The highest BCUT2D eigenvalue weighted by molar-refractivity contribution is 6.10. The molecule has 0 aromatic heterocycles. The lowest BCUT2D eigenvalue weighted by Crippen LogP contribution is -2.16. The third kappa shape index (κ3) is 2.22. The standard InChI is InChI=1S/C14H15NO/c1-11-4-3-5-13(10-11)14(16)12-6-8-15(2)9-7-12/h3-8,10H,9H2,1-2H3. The molecule has 82 valence electrons. The topological polar surface area (TPSA) is 20.3 Å². The first-order valence-electron chi connectivity index (χ1n) is 5.37. The van der Waals surface area contributed by atoms with Crippen molar-refractivity contribution >= 4 is 5.78 Å². The van der Waals surface area contributed by atoms with E-state index in [4.69, 9.17) is 0 Å². The molecule has 1 aromatic carbocycles. The Hall–Kier alpha value is -1.83. The van der Waals surface area contributed by atoms with Gasteiger partial charge in [0.15, 0.2) is 5.78 Å². The van der Waals surface area contributed by atoms with E-state index in [1.54, 1.807) is 0 Å². The van der Waals surface area contributed by atoms with Crippen molar-refractivity contribution < 1.29 is 4.79 Å². The summed E-state index contributed by atoms with van der Waals surface area (Å²) in [5.41, 5.74) is 2.66. The van der Waals surface area contributed by atoms with Crippen LogP contribution < -0.4 is 0 Å². The molecule has 0 saturated heterocycles. The third-order valence-corrected chi connectivity index (χ3v) is 2.65. The minimum atomic E-state index is 0.105. The van der Waals surface area contributed by atoms with Crippen LogP contribution in [-0.2, 0) is 0 Å². The third-order valence-electron chi connectivity index (χ3n) is 2.65. The second kappa shape index (κ2) is 4.35. The zero-order chi connectivity index (χ0) is 11.5. The number of rotatable bonds is 2. The molecule has 2 nitrogen and oxygen atoms in total. The number of nitrogens with zero attached hydrogens (tertiary/aromatic N) is 1. The lowest BCUT2D eigenvalue weighted by Gasteiger charge is -2.16. The summed E-state index contributed by atoms with van der Waals surface area (Å²) in [5.74, 6) is 0.105. The van der Waals surface area contributed by atoms with Gasteiger partial charge in [-0.05, 0) is 25.3 Å². The largest absolute Gasteiger partial charge is 0.377 e. The van der Waals surface area contributed by atoms with Gasteiger partial charge in [0.1, 0.15) is 0 Å². The number of ketones is 1. The summed E-state index contributed by atoms with van der Waals surface area (Å²) in [6, 6.07) is 7.70. The summed E-state index contributed by atoms with van der Waals surface area (Å²) in [4.78, 5) is 14.2. The van der Waals surface area contributed by atoms with Crippen LogP contribution in [-0.4, -0.2) is 24.3 Å². The van der Waals surface area contributed by atoms with Gasteiger partial charge in [-0.2, -0.15) is 0 Å². The number of Topliss-reactive ketones (excluding diaryl/α,β-unsaturated/α-hetero) is 1. The molecule has 0 amide bonds. The van der Waals surface area contributed by atoms with E-state index >= 15 is 0 Å². The lowest BCUT2D eigenvalue weighted by molar-refractivity contribution is 0.103. The minimum absolute atomic E-state index is 0.105. The zero-order valence-corrected chi connectivity index (χ0v) is 9.60. The first-order chi connectivity index (χ1) is 7.66. The van der Waals surface area contributed by atoms with Crippen molar-refractivity contribution in [3.63, 3.8) is 0 Å². The van der Waals surface area contributed by atoms with Crippen LogP contribution in [0.1, 0.15) is 15.9 Å². The Kier molecular flexibility index (Phi) is 2.91. The molecule has 0 atom stereocenters. The fourth-order valence-corrected chi connectivity index (χ4v) is 1.70. The number of carbonyl (C=O) groups is 1. The van der Waals surface area contributed by atoms with Crippen molar-refractivity contribution in [3.8, 4) is 0 Å². The number of likely N-dealkylation sites (N-methyl/N-ethyl adjacent to an activating group) is 1. The van der Waals surface area contributed by atoms with Gasteiger partial charge in [0.05, 0.1) is 0 Å². The number of hydrogen-bond acceptors (Lipinski definition) is 2. The molecule has 0 fully saturated rings. The molecule has 2 rings (SSSR count). The molecule has 0 radical (unpaired) electrons. The molecule has 0 bridgehead atoms. The van der Waals surface area contributed by atoms with E-state index < -0.39 is 0 Å². The molecule has 1 aliphatic rings. The fourth-order valence-electron chi connectivity index (χ4n) is 1.70. The average molecular weight is 213 g/mol. The second-order valence-corrected chi connectivity index (χ2v) is 4.11. The van der Waals surface area contributed by atoms with Gasteiger partial charge in [0, 0.05) is 24.7 Å². The molecular formula is C14H15NO. The Balaban J connectivity index is 2.24. The highest BCUT2D eigenvalue weighted by Gasteiger charge is 2.12. The van der Waals surface area contributed by atoms with E-state index in [0.29, 0.717) is 0 Å². The Labute approximate surface area is 95.9 Å². The van der Waals surface area contributed by atoms with Gasteiger partial charge in [-0.1, -0.05) is 29.8 Å². The van der Waals surface area contributed by atoms with Crippen LogP contribution in [0.4, 0.5) is 0 Å². The predicted molar refractivity (Wildman–Crippen MR) is 65.4 cm³/mol. The van der Waals surface area contributed by atoms with Gasteiger partial charge in [0.2, 0.25) is 0 Å². The molecule has 1 aromatic rings. The normalized spacial score (nSPS) is 14.9. The molecule has 0 spiro atoms. The summed E-state index contributed by atoms with van der Waals surface area (Å²) in [7, 11) is 1.99. The van der Waals surface area contributed by atoms with Gasteiger partial charge in [-0.25, -0.2) is 0 Å². The van der Waals surface area contributed by atoms with Gasteiger partial charge in [-0.15, -0.1) is 0 Å². The first kappa shape index (κ1) is 10.7. The quantitative estimate of drug-likeness (QED) is 0.704. The van der Waals surface area contributed by atoms with Gasteiger partial charge < -0.3 is 4.90 Å². The van der Waals surface area contributed by atoms with E-state index in [1.165, 1.54) is 0 Å². The Morgan fingerprint density at radius 1 is 1.38 bits per heavy atom. The van der Waals surface area contributed by atoms with E-state index in [9.17, 15) is 4.79 Å². The molecule has 0 N–H and O–H groups in total.